The minimum atomic E-state index is 0.504. The average molecular weight is 257 g/mol. The Morgan fingerprint density at radius 1 is 1.40 bits per heavy atom. The van der Waals surface area contributed by atoms with E-state index in [0.717, 1.165) is 16.2 Å². The summed E-state index contributed by atoms with van der Waals surface area (Å²) in [6.45, 7) is 0. The number of benzene rings is 1. The Kier molecular flexibility index (Phi) is 3.11. The number of hydrogen-bond donors (Lipinski definition) is 1. The van der Waals surface area contributed by atoms with Crippen LogP contribution in [0.5, 0.6) is 0 Å². The predicted molar refractivity (Wildman–Crippen MR) is 65.7 cm³/mol. The molecule has 2 aromatic rings. The molecule has 0 aliphatic rings. The Hall–Kier alpha value is -0.820. The number of nitrogens with one attached hydrogen (secondary N) is 1. The summed E-state index contributed by atoms with van der Waals surface area (Å²) in [5.41, 5.74) is 1.66. The van der Waals surface area contributed by atoms with Crippen LogP contribution >= 0.6 is 35.0 Å². The van der Waals surface area contributed by atoms with Crippen molar-refractivity contribution in [2.75, 3.05) is 5.75 Å². The molecule has 2 rings (SSSR count). The van der Waals surface area contributed by atoms with E-state index < -0.39 is 0 Å². The molecule has 1 N–H and O–H groups in total. The number of aromatic nitrogens is 2. The monoisotopic (exact) mass is 256 g/mol. The van der Waals surface area contributed by atoms with E-state index in [4.69, 9.17) is 29.6 Å². The Morgan fingerprint density at radius 2 is 2.13 bits per heavy atom. The molecule has 0 spiro atoms. The molecule has 0 saturated carbocycles. The Balaban J connectivity index is 2.43. The third-order valence-electron chi connectivity index (χ3n) is 1.79. The number of rotatable bonds is 2. The standard InChI is InChI=1S/C10H6Cl2N2S/c1-2-3-15-10-13-8-4-6(11)7(12)5-9(8)14-10/h1,4-5H,3H2,(H,13,14). The van der Waals surface area contributed by atoms with Crippen molar-refractivity contribution in [3.63, 3.8) is 0 Å². The fourth-order valence-electron chi connectivity index (χ4n) is 1.16. The number of thioether (sulfide) groups is 1. The van der Waals surface area contributed by atoms with Crippen molar-refractivity contribution >= 4 is 46.0 Å². The molecule has 0 amide bonds. The Labute approximate surface area is 101 Å². The maximum Gasteiger partial charge on any atom is 0.167 e. The summed E-state index contributed by atoms with van der Waals surface area (Å²) in [4.78, 5) is 7.43. The average Bonchev–Trinajstić information content (AvgIpc) is 2.58. The Morgan fingerprint density at radius 3 is 2.87 bits per heavy atom. The van der Waals surface area contributed by atoms with Gasteiger partial charge in [-0.25, -0.2) is 4.98 Å². The van der Waals surface area contributed by atoms with Gasteiger partial charge in [-0.05, 0) is 12.1 Å². The van der Waals surface area contributed by atoms with Crippen molar-refractivity contribution in [3.8, 4) is 12.3 Å². The summed E-state index contributed by atoms with van der Waals surface area (Å²) in [5, 5.41) is 1.80. The molecule has 0 aliphatic carbocycles. The van der Waals surface area contributed by atoms with Crippen LogP contribution in [0.1, 0.15) is 0 Å². The molecule has 76 valence electrons. The summed E-state index contributed by atoms with van der Waals surface area (Å²) in [7, 11) is 0. The molecule has 0 bridgehead atoms. The van der Waals surface area contributed by atoms with E-state index in [0.29, 0.717) is 15.8 Å². The van der Waals surface area contributed by atoms with Crippen LogP contribution in [0, 0.1) is 12.3 Å². The van der Waals surface area contributed by atoms with Crippen LogP contribution in [-0.4, -0.2) is 15.7 Å². The first-order valence-electron chi connectivity index (χ1n) is 4.11. The van der Waals surface area contributed by atoms with E-state index in [9.17, 15) is 0 Å². The van der Waals surface area contributed by atoms with Crippen LogP contribution in [0.3, 0.4) is 0 Å². The molecule has 15 heavy (non-hydrogen) atoms. The summed E-state index contributed by atoms with van der Waals surface area (Å²) in [6.07, 6.45) is 5.16. The molecular formula is C10H6Cl2N2S. The van der Waals surface area contributed by atoms with Gasteiger partial charge in [0.25, 0.3) is 0 Å². The maximum atomic E-state index is 5.88. The highest BCUT2D eigenvalue weighted by Crippen LogP contribution is 2.28. The molecule has 1 aromatic heterocycles. The molecule has 5 heteroatoms. The molecule has 0 saturated heterocycles. The van der Waals surface area contributed by atoms with Crippen molar-refractivity contribution in [1.29, 1.82) is 0 Å². The normalized spacial score (nSPS) is 10.5. The highest BCUT2D eigenvalue weighted by molar-refractivity contribution is 7.99. The van der Waals surface area contributed by atoms with Crippen LogP contribution < -0.4 is 0 Å². The second-order valence-electron chi connectivity index (χ2n) is 2.82. The SMILES string of the molecule is C#CCSc1nc2cc(Cl)c(Cl)cc2[nH]1. The maximum absolute atomic E-state index is 5.88. The summed E-state index contributed by atoms with van der Waals surface area (Å²) < 4.78 is 0. The van der Waals surface area contributed by atoms with E-state index in [1.165, 1.54) is 11.8 Å². The highest BCUT2D eigenvalue weighted by atomic mass is 35.5. The van der Waals surface area contributed by atoms with Crippen LogP contribution in [0.25, 0.3) is 11.0 Å². The molecule has 0 radical (unpaired) electrons. The number of H-pyrrole nitrogens is 1. The highest BCUT2D eigenvalue weighted by Gasteiger charge is 2.06. The van der Waals surface area contributed by atoms with Gasteiger partial charge >= 0.3 is 0 Å². The van der Waals surface area contributed by atoms with E-state index in [1.54, 1.807) is 12.1 Å². The molecular weight excluding hydrogens is 251 g/mol. The zero-order chi connectivity index (χ0) is 10.8. The van der Waals surface area contributed by atoms with Crippen LogP contribution in [0.4, 0.5) is 0 Å². The predicted octanol–water partition coefficient (Wildman–Crippen LogP) is 3.60. The first-order chi connectivity index (χ1) is 7.20. The van der Waals surface area contributed by atoms with E-state index in [-0.39, 0.29) is 0 Å². The molecule has 0 unspecified atom stereocenters. The topological polar surface area (TPSA) is 28.7 Å². The van der Waals surface area contributed by atoms with Crippen molar-refractivity contribution in [1.82, 2.24) is 9.97 Å². The first kappa shape index (κ1) is 10.7. The van der Waals surface area contributed by atoms with Gasteiger partial charge in [0.2, 0.25) is 0 Å². The van der Waals surface area contributed by atoms with Gasteiger partial charge in [0, 0.05) is 0 Å². The number of imidazole rings is 1. The third kappa shape index (κ3) is 2.23. The summed E-state index contributed by atoms with van der Waals surface area (Å²) in [5.74, 6) is 3.12. The number of terminal acetylenes is 1. The third-order valence-corrected chi connectivity index (χ3v) is 3.29. The van der Waals surface area contributed by atoms with Gasteiger partial charge in [-0.15, -0.1) is 6.42 Å². The van der Waals surface area contributed by atoms with Crippen molar-refractivity contribution in [2.24, 2.45) is 0 Å². The van der Waals surface area contributed by atoms with E-state index in [2.05, 4.69) is 15.9 Å². The van der Waals surface area contributed by atoms with Gasteiger partial charge in [0.1, 0.15) is 0 Å². The number of hydrogen-bond acceptors (Lipinski definition) is 2. The lowest BCUT2D eigenvalue weighted by molar-refractivity contribution is 1.08. The lowest BCUT2D eigenvalue weighted by Gasteiger charge is -1.93. The molecule has 1 heterocycles. The molecule has 2 nitrogen and oxygen atoms in total. The lowest BCUT2D eigenvalue weighted by Crippen LogP contribution is -1.75. The van der Waals surface area contributed by atoms with Crippen LogP contribution in [-0.2, 0) is 0 Å². The van der Waals surface area contributed by atoms with Crippen molar-refractivity contribution in [3.05, 3.63) is 22.2 Å². The van der Waals surface area contributed by atoms with E-state index in [1.807, 2.05) is 0 Å². The van der Waals surface area contributed by atoms with Crippen LogP contribution in [0.2, 0.25) is 10.0 Å². The number of fused-ring (bicyclic) bond motifs is 1. The van der Waals surface area contributed by atoms with E-state index >= 15 is 0 Å². The smallest absolute Gasteiger partial charge is 0.167 e. The van der Waals surface area contributed by atoms with Gasteiger partial charge in [0.05, 0.1) is 26.8 Å². The minimum absolute atomic E-state index is 0.504. The van der Waals surface area contributed by atoms with Gasteiger partial charge in [-0.1, -0.05) is 40.9 Å². The molecule has 1 aromatic carbocycles. The van der Waals surface area contributed by atoms with Gasteiger partial charge in [-0.3, -0.25) is 0 Å². The van der Waals surface area contributed by atoms with Crippen molar-refractivity contribution in [2.45, 2.75) is 5.16 Å². The second kappa shape index (κ2) is 4.36. The summed E-state index contributed by atoms with van der Waals surface area (Å²) in [6, 6.07) is 3.49. The van der Waals surface area contributed by atoms with Gasteiger partial charge < -0.3 is 4.98 Å². The first-order valence-corrected chi connectivity index (χ1v) is 5.86. The lowest BCUT2D eigenvalue weighted by atomic mass is 10.3. The molecule has 0 atom stereocenters. The van der Waals surface area contributed by atoms with Crippen molar-refractivity contribution < 1.29 is 0 Å². The molecule has 0 aliphatic heterocycles. The fourth-order valence-corrected chi connectivity index (χ4v) is 2.05. The number of halogens is 2. The van der Waals surface area contributed by atoms with Gasteiger partial charge in [0.15, 0.2) is 5.16 Å². The zero-order valence-electron chi connectivity index (χ0n) is 7.55. The van der Waals surface area contributed by atoms with Gasteiger partial charge in [-0.2, -0.15) is 0 Å². The quantitative estimate of drug-likeness (QED) is 0.657. The minimum Gasteiger partial charge on any atom is -0.333 e. The van der Waals surface area contributed by atoms with Crippen LogP contribution in [0.15, 0.2) is 17.3 Å². The number of aromatic amines is 1. The second-order valence-corrected chi connectivity index (χ2v) is 4.60. The zero-order valence-corrected chi connectivity index (χ0v) is 9.88. The fraction of sp³-hybridized carbons (Fsp3) is 0.100. The summed E-state index contributed by atoms with van der Waals surface area (Å²) >= 11 is 13.2. The Bertz CT molecular complexity index is 503. The number of nitrogens with zero attached hydrogens (tertiary/aromatic N) is 1. The largest absolute Gasteiger partial charge is 0.333 e. The molecule has 0 fully saturated rings.